The van der Waals surface area contributed by atoms with Crippen LogP contribution in [0.25, 0.3) is 0 Å². The maximum Gasteiger partial charge on any atom is 0.191 e. The fraction of sp³-hybridized carbons (Fsp3) is 0.632. The molecule has 4 nitrogen and oxygen atoms in total. The van der Waals surface area contributed by atoms with Gasteiger partial charge in [-0.25, -0.2) is 0 Å². The molecule has 1 saturated heterocycles. The lowest BCUT2D eigenvalue weighted by atomic mass is 9.74. The highest BCUT2D eigenvalue weighted by molar-refractivity contribution is 14.0. The van der Waals surface area contributed by atoms with Gasteiger partial charge in [0.15, 0.2) is 5.96 Å². The molecular formula is C19H31BrIN3O. The van der Waals surface area contributed by atoms with Gasteiger partial charge in [-0.1, -0.05) is 41.9 Å². The van der Waals surface area contributed by atoms with E-state index < -0.39 is 0 Å². The van der Waals surface area contributed by atoms with Gasteiger partial charge >= 0.3 is 0 Å². The molecule has 0 saturated carbocycles. The van der Waals surface area contributed by atoms with Crippen LogP contribution in [0, 0.1) is 5.92 Å². The van der Waals surface area contributed by atoms with Crippen molar-refractivity contribution in [2.75, 3.05) is 26.8 Å². The number of nitrogens with zero attached hydrogens (tertiary/aromatic N) is 1. The van der Waals surface area contributed by atoms with Crippen molar-refractivity contribution in [1.82, 2.24) is 10.6 Å². The van der Waals surface area contributed by atoms with Gasteiger partial charge in [-0.2, -0.15) is 0 Å². The number of hydrogen-bond acceptors (Lipinski definition) is 2. The van der Waals surface area contributed by atoms with E-state index >= 15 is 0 Å². The highest BCUT2D eigenvalue weighted by Gasteiger charge is 2.34. The maximum atomic E-state index is 5.62. The average Bonchev–Trinajstić information content (AvgIpc) is 2.59. The van der Waals surface area contributed by atoms with Crippen LogP contribution >= 0.6 is 39.9 Å². The zero-order valence-electron chi connectivity index (χ0n) is 15.6. The Kier molecular flexibility index (Phi) is 9.74. The Morgan fingerprint density at radius 2 is 1.80 bits per heavy atom. The van der Waals surface area contributed by atoms with Crippen molar-refractivity contribution in [2.24, 2.45) is 10.9 Å². The Hall–Kier alpha value is -0.340. The van der Waals surface area contributed by atoms with Gasteiger partial charge < -0.3 is 15.4 Å². The molecule has 25 heavy (non-hydrogen) atoms. The van der Waals surface area contributed by atoms with Crippen LogP contribution in [0.1, 0.15) is 39.2 Å². The van der Waals surface area contributed by atoms with Crippen molar-refractivity contribution in [1.29, 1.82) is 0 Å². The SMILES string of the molecule is CN=C(NCC1(c2ccc(Br)cc2)CCOCC1)NC(C)C(C)C.I. The predicted octanol–water partition coefficient (Wildman–Crippen LogP) is 4.32. The fourth-order valence-corrected chi connectivity index (χ4v) is 3.23. The number of hydrogen-bond donors (Lipinski definition) is 2. The van der Waals surface area contributed by atoms with E-state index in [4.69, 9.17) is 4.74 Å². The molecule has 6 heteroatoms. The summed E-state index contributed by atoms with van der Waals surface area (Å²) >= 11 is 3.53. The summed E-state index contributed by atoms with van der Waals surface area (Å²) in [4.78, 5) is 4.39. The van der Waals surface area contributed by atoms with Crippen LogP contribution in [0.5, 0.6) is 0 Å². The van der Waals surface area contributed by atoms with Gasteiger partial charge in [0.05, 0.1) is 0 Å². The Morgan fingerprint density at radius 1 is 1.20 bits per heavy atom. The first-order valence-electron chi connectivity index (χ1n) is 8.78. The minimum atomic E-state index is 0. The minimum Gasteiger partial charge on any atom is -0.381 e. The lowest BCUT2D eigenvalue weighted by Gasteiger charge is -2.38. The van der Waals surface area contributed by atoms with Crippen molar-refractivity contribution in [2.45, 2.75) is 45.1 Å². The number of guanidine groups is 1. The molecule has 1 fully saturated rings. The molecule has 2 rings (SSSR count). The summed E-state index contributed by atoms with van der Waals surface area (Å²) in [7, 11) is 1.83. The predicted molar refractivity (Wildman–Crippen MR) is 120 cm³/mol. The number of nitrogens with one attached hydrogen (secondary N) is 2. The van der Waals surface area contributed by atoms with E-state index in [9.17, 15) is 0 Å². The van der Waals surface area contributed by atoms with Gasteiger partial charge in [-0.15, -0.1) is 24.0 Å². The van der Waals surface area contributed by atoms with E-state index in [1.165, 1.54) is 5.56 Å². The molecule has 1 aliphatic heterocycles. The summed E-state index contributed by atoms with van der Waals surface area (Å²) < 4.78 is 6.73. The second kappa shape index (κ2) is 10.7. The van der Waals surface area contributed by atoms with Crippen molar-refractivity contribution >= 4 is 45.9 Å². The molecule has 1 unspecified atom stereocenters. The first kappa shape index (κ1) is 22.7. The summed E-state index contributed by atoms with van der Waals surface area (Å²) in [5, 5.41) is 7.03. The summed E-state index contributed by atoms with van der Waals surface area (Å²) in [6.45, 7) is 9.11. The van der Waals surface area contributed by atoms with E-state index in [2.05, 4.69) is 76.6 Å². The molecule has 142 valence electrons. The van der Waals surface area contributed by atoms with Gasteiger partial charge in [0.25, 0.3) is 0 Å². The maximum absolute atomic E-state index is 5.62. The van der Waals surface area contributed by atoms with Gasteiger partial charge in [0.1, 0.15) is 0 Å². The standard InChI is InChI=1S/C19H30BrN3O.HI/c1-14(2)15(3)23-18(21-4)22-13-19(9-11-24-12-10-19)16-5-7-17(20)8-6-16;/h5-8,14-15H,9-13H2,1-4H3,(H2,21,22,23);1H. The highest BCUT2D eigenvalue weighted by Crippen LogP contribution is 2.34. The molecule has 2 N–H and O–H groups in total. The molecule has 1 atom stereocenters. The number of ether oxygens (including phenoxy) is 1. The van der Waals surface area contributed by atoms with Crippen molar-refractivity contribution in [3.63, 3.8) is 0 Å². The molecule has 1 aliphatic rings. The largest absolute Gasteiger partial charge is 0.381 e. The monoisotopic (exact) mass is 523 g/mol. The van der Waals surface area contributed by atoms with E-state index in [1.807, 2.05) is 7.05 Å². The van der Waals surface area contributed by atoms with Crippen LogP contribution < -0.4 is 10.6 Å². The van der Waals surface area contributed by atoms with E-state index in [1.54, 1.807) is 0 Å². The summed E-state index contributed by atoms with van der Waals surface area (Å²) in [5.74, 6) is 1.44. The molecule has 0 spiro atoms. The van der Waals surface area contributed by atoms with Crippen LogP contribution in [0.15, 0.2) is 33.7 Å². The van der Waals surface area contributed by atoms with Crippen LogP contribution in [-0.4, -0.2) is 38.8 Å². The summed E-state index contributed by atoms with van der Waals surface area (Å²) in [6, 6.07) is 9.09. The lowest BCUT2D eigenvalue weighted by molar-refractivity contribution is 0.0513. The molecule has 0 radical (unpaired) electrons. The minimum absolute atomic E-state index is 0. The second-order valence-corrected chi connectivity index (χ2v) is 7.92. The van der Waals surface area contributed by atoms with Gasteiger partial charge in [-0.3, -0.25) is 4.99 Å². The van der Waals surface area contributed by atoms with E-state index in [0.29, 0.717) is 12.0 Å². The number of halogens is 2. The molecule has 0 bridgehead atoms. The molecule has 1 aromatic carbocycles. The zero-order chi connectivity index (χ0) is 17.6. The third kappa shape index (κ3) is 6.40. The van der Waals surface area contributed by atoms with Crippen molar-refractivity contribution in [3.05, 3.63) is 34.3 Å². The fourth-order valence-electron chi connectivity index (χ4n) is 2.96. The van der Waals surface area contributed by atoms with Crippen LogP contribution in [0.3, 0.4) is 0 Å². The first-order valence-corrected chi connectivity index (χ1v) is 9.57. The van der Waals surface area contributed by atoms with E-state index in [-0.39, 0.29) is 29.4 Å². The molecule has 0 aromatic heterocycles. The second-order valence-electron chi connectivity index (χ2n) is 7.00. The van der Waals surface area contributed by atoms with Crippen LogP contribution in [0.2, 0.25) is 0 Å². The molecule has 0 aliphatic carbocycles. The molecular weight excluding hydrogens is 493 g/mol. The third-order valence-corrected chi connectivity index (χ3v) is 5.62. The molecule has 1 aromatic rings. The van der Waals surface area contributed by atoms with Crippen LogP contribution in [-0.2, 0) is 10.2 Å². The van der Waals surface area contributed by atoms with E-state index in [0.717, 1.165) is 43.0 Å². The summed E-state index contributed by atoms with van der Waals surface area (Å²) in [6.07, 6.45) is 2.05. The number of aliphatic imine (C=N–C) groups is 1. The average molecular weight is 524 g/mol. The Labute approximate surface area is 177 Å². The molecule has 0 amide bonds. The first-order chi connectivity index (χ1) is 11.5. The Balaban J connectivity index is 0.00000312. The topological polar surface area (TPSA) is 45.7 Å². The Morgan fingerprint density at radius 3 is 2.32 bits per heavy atom. The lowest BCUT2D eigenvalue weighted by Crippen LogP contribution is -2.50. The quantitative estimate of drug-likeness (QED) is 0.343. The number of rotatable bonds is 5. The zero-order valence-corrected chi connectivity index (χ0v) is 19.6. The summed E-state index contributed by atoms with van der Waals surface area (Å²) in [5.41, 5.74) is 1.46. The normalized spacial score (nSPS) is 18.4. The smallest absolute Gasteiger partial charge is 0.191 e. The van der Waals surface area contributed by atoms with Crippen molar-refractivity contribution < 1.29 is 4.74 Å². The number of benzene rings is 1. The molecule has 1 heterocycles. The van der Waals surface area contributed by atoms with Gasteiger partial charge in [0, 0.05) is 42.7 Å². The Bertz CT molecular complexity index is 542. The third-order valence-electron chi connectivity index (χ3n) is 5.09. The highest BCUT2D eigenvalue weighted by atomic mass is 127. The van der Waals surface area contributed by atoms with Crippen LogP contribution in [0.4, 0.5) is 0 Å². The van der Waals surface area contributed by atoms with Crippen molar-refractivity contribution in [3.8, 4) is 0 Å². The van der Waals surface area contributed by atoms with Gasteiger partial charge in [-0.05, 0) is 43.4 Å². The van der Waals surface area contributed by atoms with Gasteiger partial charge in [0.2, 0.25) is 0 Å².